The van der Waals surface area contributed by atoms with Crippen molar-refractivity contribution in [2.45, 2.75) is 45.1 Å². The Balaban J connectivity index is 1.72. The van der Waals surface area contributed by atoms with E-state index in [-0.39, 0.29) is 11.9 Å². The largest absolute Gasteiger partial charge is 0.384 e. The topological polar surface area (TPSA) is 85.2 Å². The highest BCUT2D eigenvalue weighted by atomic mass is 16.2. The number of hydrogen-bond donors (Lipinski definition) is 2. The Morgan fingerprint density at radius 2 is 2.14 bits per heavy atom. The monoisotopic (exact) mass is 290 g/mol. The maximum atomic E-state index is 12.3. The minimum Gasteiger partial charge on any atom is -0.384 e. The van der Waals surface area contributed by atoms with Crippen molar-refractivity contribution in [2.75, 3.05) is 18.8 Å². The van der Waals surface area contributed by atoms with Crippen molar-refractivity contribution in [1.82, 2.24) is 9.88 Å². The molecule has 2 rings (SSSR count). The van der Waals surface area contributed by atoms with Gasteiger partial charge in [-0.1, -0.05) is 13.0 Å². The minimum atomic E-state index is -0.375. The Morgan fingerprint density at radius 1 is 1.43 bits per heavy atom. The summed E-state index contributed by atoms with van der Waals surface area (Å²) in [7, 11) is 0. The lowest BCUT2D eigenvalue weighted by Crippen LogP contribution is -2.46. The van der Waals surface area contributed by atoms with Gasteiger partial charge < -0.3 is 16.4 Å². The zero-order valence-corrected chi connectivity index (χ0v) is 12.8. The average Bonchev–Trinajstić information content (AvgIpc) is 2.49. The average molecular weight is 290 g/mol. The maximum Gasteiger partial charge on any atom is 0.239 e. The number of likely N-dealkylation sites (tertiary alicyclic amines) is 1. The van der Waals surface area contributed by atoms with Gasteiger partial charge in [0.25, 0.3) is 0 Å². The summed E-state index contributed by atoms with van der Waals surface area (Å²) in [4.78, 5) is 18.3. The molecule has 0 radical (unpaired) electrons. The molecule has 2 heterocycles. The second-order valence-electron chi connectivity index (χ2n) is 6.10. The van der Waals surface area contributed by atoms with Crippen LogP contribution in [0.4, 0.5) is 5.82 Å². The maximum absolute atomic E-state index is 12.3. The van der Waals surface area contributed by atoms with E-state index in [0.717, 1.165) is 56.7 Å². The van der Waals surface area contributed by atoms with Crippen LogP contribution in [-0.2, 0) is 11.2 Å². The number of anilines is 1. The third-order valence-corrected chi connectivity index (χ3v) is 4.24. The van der Waals surface area contributed by atoms with Crippen LogP contribution in [-0.4, -0.2) is 34.9 Å². The second-order valence-corrected chi connectivity index (χ2v) is 6.10. The molecule has 0 saturated carbocycles. The summed E-state index contributed by atoms with van der Waals surface area (Å²) in [6, 6.07) is 3.40. The van der Waals surface area contributed by atoms with E-state index < -0.39 is 0 Å². The van der Waals surface area contributed by atoms with Crippen molar-refractivity contribution < 1.29 is 4.79 Å². The molecule has 1 aliphatic heterocycles. The molecule has 4 N–H and O–H groups in total. The van der Waals surface area contributed by atoms with Gasteiger partial charge in [-0.15, -0.1) is 0 Å². The van der Waals surface area contributed by atoms with Gasteiger partial charge in [0.2, 0.25) is 5.91 Å². The molecule has 0 aliphatic carbocycles. The summed E-state index contributed by atoms with van der Waals surface area (Å²) in [5.74, 6) is 1.37. The van der Waals surface area contributed by atoms with Gasteiger partial charge in [0.05, 0.1) is 6.04 Å². The van der Waals surface area contributed by atoms with Gasteiger partial charge in [-0.3, -0.25) is 4.79 Å². The summed E-state index contributed by atoms with van der Waals surface area (Å²) >= 11 is 0. The highest BCUT2D eigenvalue weighted by Crippen LogP contribution is 2.17. The molecule has 0 aromatic carbocycles. The molecule has 1 fully saturated rings. The Morgan fingerprint density at radius 3 is 2.76 bits per heavy atom. The number of rotatable bonds is 5. The highest BCUT2D eigenvalue weighted by Gasteiger charge is 2.24. The highest BCUT2D eigenvalue weighted by molar-refractivity contribution is 5.81. The molecular formula is C16H26N4O. The number of carbonyl (C=O) groups excluding carboxylic acids is 1. The van der Waals surface area contributed by atoms with Crippen LogP contribution in [0.15, 0.2) is 18.3 Å². The molecule has 1 aliphatic rings. The fourth-order valence-electron chi connectivity index (χ4n) is 2.70. The van der Waals surface area contributed by atoms with Crippen molar-refractivity contribution in [3.05, 3.63) is 23.9 Å². The normalized spacial score (nSPS) is 17.7. The number of nitrogen functional groups attached to an aromatic ring is 1. The third-order valence-electron chi connectivity index (χ3n) is 4.24. The molecule has 21 heavy (non-hydrogen) atoms. The molecule has 1 unspecified atom stereocenters. The number of hydrogen-bond acceptors (Lipinski definition) is 4. The van der Waals surface area contributed by atoms with E-state index in [1.54, 1.807) is 12.3 Å². The molecule has 116 valence electrons. The molecule has 1 aromatic rings. The summed E-state index contributed by atoms with van der Waals surface area (Å²) in [6.07, 6.45) is 6.46. The van der Waals surface area contributed by atoms with Gasteiger partial charge in [0, 0.05) is 19.3 Å². The van der Waals surface area contributed by atoms with E-state index in [0.29, 0.717) is 5.82 Å². The minimum absolute atomic E-state index is 0.109. The number of carbonyl (C=O) groups is 1. The SMILES string of the molecule is CC1CCN(C(=O)C(N)CCCc2ccc(N)nc2)CC1. The molecule has 1 saturated heterocycles. The Hall–Kier alpha value is -1.62. The lowest BCUT2D eigenvalue weighted by atomic mass is 9.98. The molecule has 0 bridgehead atoms. The van der Waals surface area contributed by atoms with E-state index in [1.165, 1.54) is 0 Å². The van der Waals surface area contributed by atoms with Crippen LogP contribution >= 0.6 is 0 Å². The van der Waals surface area contributed by atoms with Crippen LogP contribution < -0.4 is 11.5 Å². The Labute approximate surface area is 126 Å². The second kappa shape index (κ2) is 7.41. The standard InChI is InChI=1S/C16H26N4O/c1-12-7-9-20(10-8-12)16(21)14(17)4-2-3-13-5-6-15(18)19-11-13/h5-6,11-12,14H,2-4,7-10,17H2,1H3,(H2,18,19). The zero-order valence-electron chi connectivity index (χ0n) is 12.8. The van der Waals surface area contributed by atoms with Gasteiger partial charge in [0.1, 0.15) is 5.82 Å². The number of piperidine rings is 1. The van der Waals surface area contributed by atoms with Crippen LogP contribution in [0.3, 0.4) is 0 Å². The van der Waals surface area contributed by atoms with E-state index >= 15 is 0 Å². The molecular weight excluding hydrogens is 264 g/mol. The summed E-state index contributed by atoms with van der Waals surface area (Å²) < 4.78 is 0. The quantitative estimate of drug-likeness (QED) is 0.862. The van der Waals surface area contributed by atoms with Crippen LogP contribution in [0.1, 0.15) is 38.2 Å². The smallest absolute Gasteiger partial charge is 0.239 e. The number of nitrogens with two attached hydrogens (primary N) is 2. The number of aromatic nitrogens is 1. The number of amides is 1. The lowest BCUT2D eigenvalue weighted by Gasteiger charge is -2.32. The van der Waals surface area contributed by atoms with Crippen LogP contribution in [0, 0.1) is 5.92 Å². The first kappa shape index (κ1) is 15.8. The van der Waals surface area contributed by atoms with Crippen molar-refractivity contribution >= 4 is 11.7 Å². The van der Waals surface area contributed by atoms with E-state index in [4.69, 9.17) is 11.5 Å². The number of pyridine rings is 1. The van der Waals surface area contributed by atoms with E-state index in [9.17, 15) is 4.79 Å². The Kier molecular flexibility index (Phi) is 5.56. The van der Waals surface area contributed by atoms with E-state index in [2.05, 4.69) is 11.9 Å². The van der Waals surface area contributed by atoms with Crippen molar-refractivity contribution in [2.24, 2.45) is 11.7 Å². The van der Waals surface area contributed by atoms with Crippen molar-refractivity contribution in [3.8, 4) is 0 Å². The Bertz CT molecular complexity index is 452. The fourth-order valence-corrected chi connectivity index (χ4v) is 2.70. The lowest BCUT2D eigenvalue weighted by molar-refractivity contribution is -0.134. The van der Waals surface area contributed by atoms with Crippen molar-refractivity contribution in [3.63, 3.8) is 0 Å². The van der Waals surface area contributed by atoms with Gasteiger partial charge in [0.15, 0.2) is 0 Å². The number of aryl methyl sites for hydroxylation is 1. The summed E-state index contributed by atoms with van der Waals surface area (Å²) in [5, 5.41) is 0. The molecule has 1 amide bonds. The van der Waals surface area contributed by atoms with Crippen LogP contribution in [0.2, 0.25) is 0 Å². The molecule has 0 spiro atoms. The van der Waals surface area contributed by atoms with Gasteiger partial charge >= 0.3 is 0 Å². The van der Waals surface area contributed by atoms with E-state index in [1.807, 2.05) is 11.0 Å². The van der Waals surface area contributed by atoms with Gasteiger partial charge in [-0.25, -0.2) is 4.98 Å². The first-order chi connectivity index (χ1) is 10.1. The first-order valence-corrected chi connectivity index (χ1v) is 7.81. The predicted molar refractivity (Wildman–Crippen MR) is 84.5 cm³/mol. The molecule has 1 aromatic heterocycles. The molecule has 5 nitrogen and oxygen atoms in total. The van der Waals surface area contributed by atoms with Gasteiger partial charge in [-0.05, 0) is 49.7 Å². The zero-order chi connectivity index (χ0) is 15.2. The first-order valence-electron chi connectivity index (χ1n) is 7.81. The number of nitrogens with zero attached hydrogens (tertiary/aromatic N) is 2. The summed E-state index contributed by atoms with van der Waals surface area (Å²) in [5.41, 5.74) is 12.7. The van der Waals surface area contributed by atoms with Crippen molar-refractivity contribution in [1.29, 1.82) is 0 Å². The third kappa shape index (κ3) is 4.70. The van der Waals surface area contributed by atoms with Crippen LogP contribution in [0.25, 0.3) is 0 Å². The predicted octanol–water partition coefficient (Wildman–Crippen LogP) is 1.57. The fraction of sp³-hybridized carbons (Fsp3) is 0.625. The van der Waals surface area contributed by atoms with Crippen LogP contribution in [0.5, 0.6) is 0 Å². The summed E-state index contributed by atoms with van der Waals surface area (Å²) in [6.45, 7) is 3.95. The molecule has 5 heteroatoms. The van der Waals surface area contributed by atoms with Gasteiger partial charge in [-0.2, -0.15) is 0 Å². The molecule has 1 atom stereocenters.